The topological polar surface area (TPSA) is 54.5 Å². The minimum atomic E-state index is -4.65. The van der Waals surface area contributed by atoms with E-state index in [4.69, 9.17) is 23.2 Å². The van der Waals surface area contributed by atoms with Gasteiger partial charge < -0.3 is 4.98 Å². The highest BCUT2D eigenvalue weighted by molar-refractivity contribution is 7.99. The van der Waals surface area contributed by atoms with Crippen LogP contribution in [0.3, 0.4) is 0 Å². The second kappa shape index (κ2) is 5.60. The van der Waals surface area contributed by atoms with Gasteiger partial charge in [0, 0.05) is 12.4 Å². The van der Waals surface area contributed by atoms with Gasteiger partial charge in [-0.05, 0) is 23.9 Å². The van der Waals surface area contributed by atoms with E-state index in [2.05, 4.69) is 19.9 Å². The molecule has 0 aliphatic heterocycles. The number of H-pyrrole nitrogens is 1. The molecule has 3 aromatic rings. The van der Waals surface area contributed by atoms with E-state index in [-0.39, 0.29) is 31.3 Å². The van der Waals surface area contributed by atoms with Crippen molar-refractivity contribution in [1.82, 2.24) is 19.9 Å². The lowest BCUT2D eigenvalue weighted by Gasteiger charge is -2.11. The first-order valence-corrected chi connectivity index (χ1v) is 7.33. The highest BCUT2D eigenvalue weighted by Gasteiger charge is 2.37. The molecule has 22 heavy (non-hydrogen) atoms. The lowest BCUT2D eigenvalue weighted by molar-refractivity contribution is -0.143. The normalized spacial score (nSPS) is 12.0. The molecule has 0 radical (unpaired) electrons. The van der Waals surface area contributed by atoms with Gasteiger partial charge in [0.15, 0.2) is 10.9 Å². The maximum atomic E-state index is 13.2. The van der Waals surface area contributed by atoms with Crippen LogP contribution in [0.15, 0.2) is 34.7 Å². The van der Waals surface area contributed by atoms with Crippen molar-refractivity contribution < 1.29 is 13.2 Å². The van der Waals surface area contributed by atoms with E-state index >= 15 is 0 Å². The fraction of sp³-hybridized carbons (Fsp3) is 0.0833. The van der Waals surface area contributed by atoms with Crippen LogP contribution >= 0.6 is 35.0 Å². The molecule has 1 aromatic carbocycles. The number of halogens is 5. The van der Waals surface area contributed by atoms with Gasteiger partial charge in [0.1, 0.15) is 5.03 Å². The number of benzene rings is 1. The Labute approximate surface area is 136 Å². The Morgan fingerprint density at radius 2 is 1.68 bits per heavy atom. The van der Waals surface area contributed by atoms with Crippen molar-refractivity contribution in [3.8, 4) is 0 Å². The van der Waals surface area contributed by atoms with E-state index in [9.17, 15) is 13.2 Å². The Balaban J connectivity index is 2.21. The Morgan fingerprint density at radius 3 is 2.23 bits per heavy atom. The van der Waals surface area contributed by atoms with E-state index in [1.807, 2.05) is 0 Å². The summed E-state index contributed by atoms with van der Waals surface area (Å²) in [4.78, 5) is 14.2. The van der Waals surface area contributed by atoms with Crippen LogP contribution in [0.2, 0.25) is 10.0 Å². The molecule has 0 bridgehead atoms. The molecule has 0 atom stereocenters. The van der Waals surface area contributed by atoms with Gasteiger partial charge in [0.25, 0.3) is 0 Å². The number of hydrogen-bond donors (Lipinski definition) is 1. The van der Waals surface area contributed by atoms with Gasteiger partial charge in [-0.3, -0.25) is 0 Å². The molecule has 2 heterocycles. The minimum absolute atomic E-state index is 0.0190. The first kappa shape index (κ1) is 15.4. The van der Waals surface area contributed by atoms with Gasteiger partial charge in [0.05, 0.1) is 21.1 Å². The molecule has 0 saturated carbocycles. The van der Waals surface area contributed by atoms with Gasteiger partial charge in [-0.2, -0.15) is 13.2 Å². The third kappa shape index (κ3) is 2.99. The Hall–Kier alpha value is -1.51. The fourth-order valence-electron chi connectivity index (χ4n) is 1.69. The zero-order valence-corrected chi connectivity index (χ0v) is 12.8. The molecule has 0 aliphatic rings. The summed E-state index contributed by atoms with van der Waals surface area (Å²) >= 11 is 12.4. The number of fused-ring (bicyclic) bond motifs is 1. The SMILES string of the molecule is FC(F)(F)c1nc2cc(Cl)c(Cl)cc2nc1Sc1ncc[nH]1. The number of nitrogens with zero attached hydrogens (tertiary/aromatic N) is 3. The Morgan fingerprint density at radius 1 is 1.05 bits per heavy atom. The van der Waals surface area contributed by atoms with Crippen LogP contribution in [0.25, 0.3) is 11.0 Å². The number of nitrogens with one attached hydrogen (secondary N) is 1. The monoisotopic (exact) mass is 364 g/mol. The maximum absolute atomic E-state index is 13.2. The van der Waals surface area contributed by atoms with Crippen LogP contribution in [0, 0.1) is 0 Å². The quantitative estimate of drug-likeness (QED) is 0.707. The highest BCUT2D eigenvalue weighted by atomic mass is 35.5. The van der Waals surface area contributed by atoms with Crippen molar-refractivity contribution in [2.24, 2.45) is 0 Å². The third-order valence-electron chi connectivity index (χ3n) is 2.61. The van der Waals surface area contributed by atoms with Crippen LogP contribution in [0.4, 0.5) is 13.2 Å². The average molecular weight is 365 g/mol. The van der Waals surface area contributed by atoms with Crippen LogP contribution in [0.1, 0.15) is 5.69 Å². The second-order valence-electron chi connectivity index (χ2n) is 4.13. The zero-order valence-electron chi connectivity index (χ0n) is 10.4. The predicted octanol–water partition coefficient (Wildman–Crippen LogP) is 4.83. The lowest BCUT2D eigenvalue weighted by Crippen LogP contribution is -2.11. The molecule has 0 spiro atoms. The third-order valence-corrected chi connectivity index (χ3v) is 4.23. The molecule has 114 valence electrons. The van der Waals surface area contributed by atoms with Gasteiger partial charge in [-0.1, -0.05) is 23.2 Å². The van der Waals surface area contributed by atoms with Gasteiger partial charge >= 0.3 is 6.18 Å². The first-order chi connectivity index (χ1) is 10.3. The van der Waals surface area contributed by atoms with E-state index in [0.717, 1.165) is 11.8 Å². The average Bonchev–Trinajstić information content (AvgIpc) is 2.91. The summed E-state index contributed by atoms with van der Waals surface area (Å²) in [6, 6.07) is 2.63. The Kier molecular flexibility index (Phi) is 3.92. The number of imidazole rings is 1. The van der Waals surface area contributed by atoms with Crippen LogP contribution < -0.4 is 0 Å². The highest BCUT2D eigenvalue weighted by Crippen LogP contribution is 2.38. The molecule has 1 N–H and O–H groups in total. The van der Waals surface area contributed by atoms with Crippen molar-refractivity contribution in [2.45, 2.75) is 16.4 Å². The molecule has 0 saturated heterocycles. The summed E-state index contributed by atoms with van der Waals surface area (Å²) in [5, 5.41) is 0.271. The van der Waals surface area contributed by atoms with Crippen molar-refractivity contribution in [2.75, 3.05) is 0 Å². The summed E-state index contributed by atoms with van der Waals surface area (Å²) in [6.45, 7) is 0. The van der Waals surface area contributed by atoms with Crippen molar-refractivity contribution in [1.29, 1.82) is 0 Å². The van der Waals surface area contributed by atoms with Crippen LogP contribution in [-0.2, 0) is 6.18 Å². The van der Waals surface area contributed by atoms with E-state index < -0.39 is 11.9 Å². The second-order valence-corrected chi connectivity index (χ2v) is 5.92. The molecule has 10 heteroatoms. The molecule has 0 amide bonds. The predicted molar refractivity (Wildman–Crippen MR) is 77.3 cm³/mol. The maximum Gasteiger partial charge on any atom is 0.436 e. The summed E-state index contributed by atoms with van der Waals surface area (Å²) in [6.07, 6.45) is -1.72. The van der Waals surface area contributed by atoms with Crippen molar-refractivity contribution >= 4 is 46.0 Å². The molecule has 2 aromatic heterocycles. The van der Waals surface area contributed by atoms with E-state index in [1.54, 1.807) is 0 Å². The largest absolute Gasteiger partial charge is 0.436 e. The standard InChI is InChI=1S/C12H5Cl2F3N4S/c13-5-3-7-8(4-6(5)14)21-10(9(20-7)12(15,16)17)22-11-18-1-2-19-11/h1-4H,(H,18,19). The number of aromatic amines is 1. The molecule has 0 unspecified atom stereocenters. The molecule has 0 fully saturated rings. The summed E-state index contributed by atoms with van der Waals surface area (Å²) in [5.41, 5.74) is -0.859. The summed E-state index contributed by atoms with van der Waals surface area (Å²) < 4.78 is 39.5. The molecule has 3 rings (SSSR count). The van der Waals surface area contributed by atoms with Gasteiger partial charge in [-0.25, -0.2) is 15.0 Å². The number of aromatic nitrogens is 4. The van der Waals surface area contributed by atoms with Crippen molar-refractivity contribution in [3.63, 3.8) is 0 Å². The van der Waals surface area contributed by atoms with Gasteiger partial charge in [0.2, 0.25) is 0 Å². The Bertz CT molecular complexity index is 836. The lowest BCUT2D eigenvalue weighted by atomic mass is 10.3. The minimum Gasteiger partial charge on any atom is -0.339 e. The number of rotatable bonds is 2. The van der Waals surface area contributed by atoms with E-state index in [1.165, 1.54) is 24.5 Å². The number of hydrogen-bond acceptors (Lipinski definition) is 4. The van der Waals surface area contributed by atoms with Crippen LogP contribution in [-0.4, -0.2) is 19.9 Å². The van der Waals surface area contributed by atoms with Crippen molar-refractivity contribution in [3.05, 3.63) is 40.3 Å². The van der Waals surface area contributed by atoms with Crippen LogP contribution in [0.5, 0.6) is 0 Å². The molecule has 4 nitrogen and oxygen atoms in total. The fourth-order valence-corrected chi connectivity index (χ4v) is 2.83. The smallest absolute Gasteiger partial charge is 0.339 e. The molecule has 0 aliphatic carbocycles. The van der Waals surface area contributed by atoms with Gasteiger partial charge in [-0.15, -0.1) is 0 Å². The summed E-state index contributed by atoms with van der Waals surface area (Å²) in [5.74, 6) is 0. The number of alkyl halides is 3. The molecular formula is C12H5Cl2F3N4S. The first-order valence-electron chi connectivity index (χ1n) is 5.76. The summed E-state index contributed by atoms with van der Waals surface area (Å²) in [7, 11) is 0. The zero-order chi connectivity index (χ0) is 15.9. The molecular weight excluding hydrogens is 360 g/mol. The van der Waals surface area contributed by atoms with E-state index in [0.29, 0.717) is 0 Å².